The van der Waals surface area contributed by atoms with Crippen LogP contribution in [0.3, 0.4) is 0 Å². The zero-order chi connectivity index (χ0) is 11.8. The Morgan fingerprint density at radius 1 is 1.62 bits per heavy atom. The van der Waals surface area contributed by atoms with Crippen LogP contribution in [0.25, 0.3) is 0 Å². The van der Waals surface area contributed by atoms with Gasteiger partial charge in [-0.1, -0.05) is 6.92 Å². The molecule has 0 saturated carbocycles. The monoisotopic (exact) mass is 230 g/mol. The van der Waals surface area contributed by atoms with Crippen LogP contribution in [0, 0.1) is 0 Å². The lowest BCUT2D eigenvalue weighted by Crippen LogP contribution is -2.47. The Morgan fingerprint density at radius 3 is 3.12 bits per heavy atom. The molecule has 1 saturated heterocycles. The fourth-order valence-corrected chi connectivity index (χ4v) is 1.70. The summed E-state index contributed by atoms with van der Waals surface area (Å²) in [4.78, 5) is 13.5. The molecule has 2 N–H and O–H groups in total. The van der Waals surface area contributed by atoms with E-state index in [4.69, 9.17) is 15.2 Å². The lowest BCUT2D eigenvalue weighted by Gasteiger charge is -2.32. The van der Waals surface area contributed by atoms with Gasteiger partial charge in [0.15, 0.2) is 0 Å². The third-order valence-electron chi connectivity index (χ3n) is 2.55. The molecule has 94 valence electrons. The Hall–Kier alpha value is -0.650. The SMILES string of the molecule is CCCOCC(=O)N1CCO[C@@H](CCN)C1. The molecule has 0 bridgehead atoms. The molecule has 1 atom stereocenters. The van der Waals surface area contributed by atoms with Crippen molar-refractivity contribution in [3.05, 3.63) is 0 Å². The largest absolute Gasteiger partial charge is 0.374 e. The smallest absolute Gasteiger partial charge is 0.248 e. The molecule has 0 spiro atoms. The number of morpholine rings is 1. The van der Waals surface area contributed by atoms with Crippen molar-refractivity contribution in [2.75, 3.05) is 39.5 Å². The van der Waals surface area contributed by atoms with E-state index in [1.54, 1.807) is 4.90 Å². The van der Waals surface area contributed by atoms with E-state index in [0.717, 1.165) is 12.8 Å². The summed E-state index contributed by atoms with van der Waals surface area (Å²) >= 11 is 0. The Labute approximate surface area is 96.9 Å². The van der Waals surface area contributed by atoms with Gasteiger partial charge in [-0.2, -0.15) is 0 Å². The van der Waals surface area contributed by atoms with Crippen molar-refractivity contribution in [1.82, 2.24) is 4.90 Å². The summed E-state index contributed by atoms with van der Waals surface area (Å²) in [6.45, 7) is 5.35. The highest BCUT2D eigenvalue weighted by molar-refractivity contribution is 5.77. The number of carbonyl (C=O) groups excluding carboxylic acids is 1. The van der Waals surface area contributed by atoms with Gasteiger partial charge in [0.2, 0.25) is 5.91 Å². The van der Waals surface area contributed by atoms with Crippen molar-refractivity contribution in [1.29, 1.82) is 0 Å². The third kappa shape index (κ3) is 4.47. The van der Waals surface area contributed by atoms with Gasteiger partial charge in [-0.05, 0) is 19.4 Å². The molecule has 0 aliphatic carbocycles. The normalized spacial score (nSPS) is 21.1. The molecular formula is C11H22N2O3. The first-order chi connectivity index (χ1) is 7.77. The first-order valence-electron chi connectivity index (χ1n) is 5.95. The Kier molecular flexibility index (Phi) is 6.37. The van der Waals surface area contributed by atoms with Gasteiger partial charge in [0.1, 0.15) is 6.61 Å². The number of rotatable bonds is 6. The van der Waals surface area contributed by atoms with Crippen LogP contribution in [0.2, 0.25) is 0 Å². The van der Waals surface area contributed by atoms with E-state index < -0.39 is 0 Å². The van der Waals surface area contributed by atoms with Gasteiger partial charge >= 0.3 is 0 Å². The molecule has 5 nitrogen and oxygen atoms in total. The van der Waals surface area contributed by atoms with Gasteiger partial charge in [-0.15, -0.1) is 0 Å². The second-order valence-corrected chi connectivity index (χ2v) is 3.96. The number of hydrogen-bond donors (Lipinski definition) is 1. The van der Waals surface area contributed by atoms with Crippen LogP contribution in [0.5, 0.6) is 0 Å². The molecule has 1 heterocycles. The van der Waals surface area contributed by atoms with Gasteiger partial charge in [-0.25, -0.2) is 0 Å². The minimum atomic E-state index is 0.0544. The molecule has 0 aromatic carbocycles. The highest BCUT2D eigenvalue weighted by atomic mass is 16.5. The average Bonchev–Trinajstić information content (AvgIpc) is 2.30. The maximum absolute atomic E-state index is 11.7. The molecule has 1 fully saturated rings. The van der Waals surface area contributed by atoms with E-state index in [0.29, 0.717) is 32.8 Å². The van der Waals surface area contributed by atoms with Gasteiger partial charge < -0.3 is 20.1 Å². The molecule has 1 rings (SSSR count). The van der Waals surface area contributed by atoms with Crippen LogP contribution in [0.15, 0.2) is 0 Å². The van der Waals surface area contributed by atoms with Crippen LogP contribution in [0.1, 0.15) is 19.8 Å². The van der Waals surface area contributed by atoms with Crippen LogP contribution in [-0.2, 0) is 14.3 Å². The highest BCUT2D eigenvalue weighted by Gasteiger charge is 2.23. The molecular weight excluding hydrogens is 208 g/mol. The lowest BCUT2D eigenvalue weighted by atomic mass is 10.2. The second kappa shape index (κ2) is 7.60. The molecule has 5 heteroatoms. The Bertz CT molecular complexity index is 209. The van der Waals surface area contributed by atoms with Crippen molar-refractivity contribution < 1.29 is 14.3 Å². The molecule has 1 aliphatic rings. The maximum atomic E-state index is 11.7. The number of nitrogens with zero attached hydrogens (tertiary/aromatic N) is 1. The zero-order valence-corrected chi connectivity index (χ0v) is 9.98. The zero-order valence-electron chi connectivity index (χ0n) is 9.98. The van der Waals surface area contributed by atoms with Gasteiger partial charge in [0.25, 0.3) is 0 Å². The summed E-state index contributed by atoms with van der Waals surface area (Å²) in [6.07, 6.45) is 1.83. The number of hydrogen-bond acceptors (Lipinski definition) is 4. The molecule has 0 radical (unpaired) electrons. The van der Waals surface area contributed by atoms with Crippen molar-refractivity contribution in [3.63, 3.8) is 0 Å². The maximum Gasteiger partial charge on any atom is 0.248 e. The van der Waals surface area contributed by atoms with E-state index in [9.17, 15) is 4.79 Å². The number of amides is 1. The first kappa shape index (κ1) is 13.4. The van der Waals surface area contributed by atoms with E-state index in [1.165, 1.54) is 0 Å². The number of carbonyl (C=O) groups is 1. The summed E-state index contributed by atoms with van der Waals surface area (Å²) in [5, 5.41) is 0. The highest BCUT2D eigenvalue weighted by Crippen LogP contribution is 2.08. The number of nitrogens with two attached hydrogens (primary N) is 1. The van der Waals surface area contributed by atoms with Crippen LogP contribution in [-0.4, -0.2) is 56.4 Å². The molecule has 16 heavy (non-hydrogen) atoms. The first-order valence-corrected chi connectivity index (χ1v) is 5.95. The van der Waals surface area contributed by atoms with E-state index in [2.05, 4.69) is 0 Å². The van der Waals surface area contributed by atoms with E-state index in [1.807, 2.05) is 6.92 Å². The lowest BCUT2D eigenvalue weighted by molar-refractivity contribution is -0.143. The topological polar surface area (TPSA) is 64.8 Å². The van der Waals surface area contributed by atoms with Crippen molar-refractivity contribution in [3.8, 4) is 0 Å². The van der Waals surface area contributed by atoms with Crippen molar-refractivity contribution >= 4 is 5.91 Å². The van der Waals surface area contributed by atoms with Crippen molar-refractivity contribution in [2.45, 2.75) is 25.9 Å². The average molecular weight is 230 g/mol. The van der Waals surface area contributed by atoms with Crippen LogP contribution in [0.4, 0.5) is 0 Å². The molecule has 1 aliphatic heterocycles. The Balaban J connectivity index is 2.26. The third-order valence-corrected chi connectivity index (χ3v) is 2.55. The van der Waals surface area contributed by atoms with Crippen LogP contribution >= 0.6 is 0 Å². The van der Waals surface area contributed by atoms with Gasteiger partial charge in [0.05, 0.1) is 12.7 Å². The summed E-state index contributed by atoms with van der Waals surface area (Å²) in [5.74, 6) is 0.0544. The molecule has 0 aromatic heterocycles. The fraction of sp³-hybridized carbons (Fsp3) is 0.909. The predicted molar refractivity (Wildman–Crippen MR) is 61.1 cm³/mol. The summed E-state index contributed by atoms with van der Waals surface area (Å²) < 4.78 is 10.7. The quantitative estimate of drug-likeness (QED) is 0.652. The molecule has 1 amide bonds. The molecule has 0 unspecified atom stereocenters. The molecule has 0 aromatic rings. The standard InChI is InChI=1S/C11H22N2O3/c1-2-6-15-9-11(14)13-5-7-16-10(8-13)3-4-12/h10H,2-9,12H2,1H3/t10-/m0/s1. The Morgan fingerprint density at radius 2 is 2.44 bits per heavy atom. The minimum Gasteiger partial charge on any atom is -0.374 e. The van der Waals surface area contributed by atoms with Crippen molar-refractivity contribution in [2.24, 2.45) is 5.73 Å². The summed E-state index contributed by atoms with van der Waals surface area (Å²) in [5.41, 5.74) is 5.47. The fourth-order valence-electron chi connectivity index (χ4n) is 1.70. The predicted octanol–water partition coefficient (Wildman–Crippen LogP) is -0.0108. The summed E-state index contributed by atoms with van der Waals surface area (Å²) in [7, 11) is 0. The minimum absolute atomic E-state index is 0.0544. The van der Waals surface area contributed by atoms with E-state index in [-0.39, 0.29) is 18.6 Å². The summed E-state index contributed by atoms with van der Waals surface area (Å²) in [6, 6.07) is 0. The van der Waals surface area contributed by atoms with Crippen LogP contribution < -0.4 is 5.73 Å². The van der Waals surface area contributed by atoms with E-state index >= 15 is 0 Å². The van der Waals surface area contributed by atoms with Gasteiger partial charge in [0, 0.05) is 19.7 Å². The number of ether oxygens (including phenoxy) is 2. The second-order valence-electron chi connectivity index (χ2n) is 3.96. The van der Waals surface area contributed by atoms with Gasteiger partial charge in [-0.3, -0.25) is 4.79 Å².